The number of hydrogen-bond acceptors (Lipinski definition) is 4. The van der Waals surface area contributed by atoms with E-state index in [2.05, 4.69) is 5.32 Å². The zero-order valence-electron chi connectivity index (χ0n) is 11.6. The van der Waals surface area contributed by atoms with E-state index in [-0.39, 0.29) is 10.8 Å². The minimum absolute atomic E-state index is 0.00602. The van der Waals surface area contributed by atoms with Crippen molar-refractivity contribution in [2.75, 3.05) is 11.9 Å². The molecule has 5 N–H and O–H groups in total. The highest BCUT2D eigenvalue weighted by atomic mass is 32.2. The van der Waals surface area contributed by atoms with Gasteiger partial charge in [-0.25, -0.2) is 13.6 Å². The average molecular weight is 297 g/mol. The minimum atomic E-state index is -3.80. The van der Waals surface area contributed by atoms with Crippen molar-refractivity contribution in [1.82, 2.24) is 0 Å². The van der Waals surface area contributed by atoms with Gasteiger partial charge in [-0.15, -0.1) is 0 Å². The highest BCUT2D eigenvalue weighted by Crippen LogP contribution is 2.45. The Bertz CT molecular complexity index is 664. The molecule has 1 saturated carbocycles. The third kappa shape index (κ3) is 2.70. The molecular weight excluding hydrogens is 278 g/mol. The molecule has 6 nitrogen and oxygen atoms in total. The minimum Gasteiger partial charge on any atom is -0.329 e. The first kappa shape index (κ1) is 15.0. The highest BCUT2D eigenvalue weighted by molar-refractivity contribution is 7.89. The molecule has 0 unspecified atom stereocenters. The Hall–Kier alpha value is -1.44. The van der Waals surface area contributed by atoms with Crippen LogP contribution >= 0.6 is 0 Å². The summed E-state index contributed by atoms with van der Waals surface area (Å²) in [5.74, 6) is -0.158. The summed E-state index contributed by atoms with van der Waals surface area (Å²) in [6, 6.07) is 2.89. The monoisotopic (exact) mass is 297 g/mol. The summed E-state index contributed by atoms with van der Waals surface area (Å²) in [4.78, 5) is 12.2. The van der Waals surface area contributed by atoms with Gasteiger partial charge in [-0.1, -0.05) is 0 Å². The van der Waals surface area contributed by atoms with Crippen LogP contribution in [-0.2, 0) is 14.8 Å². The first-order chi connectivity index (χ1) is 9.19. The van der Waals surface area contributed by atoms with Crippen LogP contribution in [-0.4, -0.2) is 20.9 Å². The normalized spacial score (nSPS) is 16.8. The molecule has 0 bridgehead atoms. The van der Waals surface area contributed by atoms with E-state index < -0.39 is 15.4 Å². The molecule has 1 aromatic carbocycles. The maximum Gasteiger partial charge on any atom is 0.238 e. The summed E-state index contributed by atoms with van der Waals surface area (Å²) in [5, 5.41) is 7.92. The Morgan fingerprint density at radius 1 is 1.35 bits per heavy atom. The molecule has 7 heteroatoms. The maximum atomic E-state index is 12.2. The van der Waals surface area contributed by atoms with Gasteiger partial charge in [0.15, 0.2) is 0 Å². The van der Waals surface area contributed by atoms with Gasteiger partial charge < -0.3 is 11.1 Å². The third-order valence-corrected chi connectivity index (χ3v) is 4.84. The van der Waals surface area contributed by atoms with E-state index in [1.165, 1.54) is 12.1 Å². The second-order valence-corrected chi connectivity index (χ2v) is 6.96. The number of amides is 1. The lowest BCUT2D eigenvalue weighted by atomic mass is 10.0. The van der Waals surface area contributed by atoms with E-state index >= 15 is 0 Å². The first-order valence-corrected chi connectivity index (χ1v) is 7.90. The number of aryl methyl sites for hydroxylation is 1. The highest BCUT2D eigenvalue weighted by Gasteiger charge is 2.48. The van der Waals surface area contributed by atoms with Crippen LogP contribution in [0.1, 0.15) is 24.0 Å². The van der Waals surface area contributed by atoms with Gasteiger partial charge in [0.25, 0.3) is 0 Å². The molecule has 1 aromatic rings. The molecular formula is C13H19N3O3S. The van der Waals surface area contributed by atoms with Crippen LogP contribution in [0.4, 0.5) is 5.69 Å². The van der Waals surface area contributed by atoms with Gasteiger partial charge in [-0.05, 0) is 49.9 Å². The number of benzene rings is 1. The number of hydrogen-bond donors (Lipinski definition) is 3. The van der Waals surface area contributed by atoms with Crippen LogP contribution in [0, 0.1) is 19.3 Å². The van der Waals surface area contributed by atoms with Gasteiger partial charge in [0, 0.05) is 12.2 Å². The number of nitrogens with two attached hydrogens (primary N) is 2. The molecule has 0 heterocycles. The van der Waals surface area contributed by atoms with Crippen molar-refractivity contribution in [3.63, 3.8) is 0 Å². The van der Waals surface area contributed by atoms with E-state index in [0.29, 0.717) is 12.2 Å². The van der Waals surface area contributed by atoms with Crippen molar-refractivity contribution in [2.24, 2.45) is 16.3 Å². The van der Waals surface area contributed by atoms with E-state index in [1.807, 2.05) is 6.92 Å². The summed E-state index contributed by atoms with van der Waals surface area (Å²) >= 11 is 0. The Morgan fingerprint density at radius 3 is 2.40 bits per heavy atom. The van der Waals surface area contributed by atoms with Gasteiger partial charge in [0.1, 0.15) is 0 Å². The Kier molecular flexibility index (Phi) is 3.62. The number of primary sulfonamides is 1. The fraction of sp³-hybridized carbons (Fsp3) is 0.462. The fourth-order valence-electron chi connectivity index (χ4n) is 2.05. The second kappa shape index (κ2) is 4.83. The molecule has 0 aliphatic heterocycles. The van der Waals surface area contributed by atoms with Gasteiger partial charge >= 0.3 is 0 Å². The lowest BCUT2D eigenvalue weighted by Gasteiger charge is -2.16. The van der Waals surface area contributed by atoms with Crippen molar-refractivity contribution in [2.45, 2.75) is 31.6 Å². The van der Waals surface area contributed by atoms with Crippen LogP contribution in [0.25, 0.3) is 0 Å². The standard InChI is InChI=1S/C13H19N3O3S/c1-8-5-10(20(15,18)19)6-11(9(8)2)16-12(17)13(7-14)3-4-13/h5-6H,3-4,7,14H2,1-2H3,(H,16,17)(H2,15,18,19). The molecule has 0 radical (unpaired) electrons. The van der Waals surface area contributed by atoms with Gasteiger partial charge in [-0.3, -0.25) is 4.79 Å². The van der Waals surface area contributed by atoms with Crippen molar-refractivity contribution in [3.8, 4) is 0 Å². The van der Waals surface area contributed by atoms with Crippen LogP contribution in [0.3, 0.4) is 0 Å². The quantitative estimate of drug-likeness (QED) is 0.755. The molecule has 1 amide bonds. The van der Waals surface area contributed by atoms with Gasteiger partial charge in [0.2, 0.25) is 15.9 Å². The van der Waals surface area contributed by atoms with Crippen LogP contribution in [0.2, 0.25) is 0 Å². The van der Waals surface area contributed by atoms with Crippen LogP contribution in [0.15, 0.2) is 17.0 Å². The van der Waals surface area contributed by atoms with Crippen molar-refractivity contribution >= 4 is 21.6 Å². The summed E-state index contributed by atoms with van der Waals surface area (Å²) in [6.45, 7) is 3.89. The Labute approximate surface area is 118 Å². The lowest BCUT2D eigenvalue weighted by molar-refractivity contribution is -0.120. The van der Waals surface area contributed by atoms with Gasteiger partial charge in [0.05, 0.1) is 10.3 Å². The van der Waals surface area contributed by atoms with E-state index in [0.717, 1.165) is 24.0 Å². The molecule has 0 saturated heterocycles. The van der Waals surface area contributed by atoms with Gasteiger partial charge in [-0.2, -0.15) is 0 Å². The number of nitrogens with one attached hydrogen (secondary N) is 1. The Morgan fingerprint density at radius 2 is 1.95 bits per heavy atom. The molecule has 0 atom stereocenters. The predicted molar refractivity (Wildman–Crippen MR) is 76.6 cm³/mol. The van der Waals surface area contributed by atoms with Crippen LogP contribution < -0.4 is 16.2 Å². The summed E-state index contributed by atoms with van der Waals surface area (Å²) < 4.78 is 22.9. The molecule has 0 aromatic heterocycles. The topological polar surface area (TPSA) is 115 Å². The molecule has 1 aliphatic rings. The third-order valence-electron chi connectivity index (χ3n) is 3.94. The molecule has 110 valence electrons. The largest absolute Gasteiger partial charge is 0.329 e. The summed E-state index contributed by atoms with van der Waals surface area (Å²) in [7, 11) is -3.80. The average Bonchev–Trinajstić information content (AvgIpc) is 3.14. The zero-order chi connectivity index (χ0) is 15.1. The fourth-order valence-corrected chi connectivity index (χ4v) is 2.67. The SMILES string of the molecule is Cc1cc(S(N)(=O)=O)cc(NC(=O)C2(CN)CC2)c1C. The summed E-state index contributed by atoms with van der Waals surface area (Å²) in [5.41, 5.74) is 7.17. The number of rotatable bonds is 4. The van der Waals surface area contributed by atoms with Crippen molar-refractivity contribution < 1.29 is 13.2 Å². The van der Waals surface area contributed by atoms with E-state index in [9.17, 15) is 13.2 Å². The molecule has 20 heavy (non-hydrogen) atoms. The Balaban J connectivity index is 2.37. The second-order valence-electron chi connectivity index (χ2n) is 5.40. The first-order valence-electron chi connectivity index (χ1n) is 6.35. The number of carbonyl (C=O) groups excluding carboxylic acids is 1. The lowest BCUT2D eigenvalue weighted by Crippen LogP contribution is -2.31. The molecule has 2 rings (SSSR count). The maximum absolute atomic E-state index is 12.2. The van der Waals surface area contributed by atoms with Crippen molar-refractivity contribution in [1.29, 1.82) is 0 Å². The predicted octanol–water partition coefficient (Wildman–Crippen LogP) is 0.628. The molecule has 1 fully saturated rings. The number of anilines is 1. The molecule has 0 spiro atoms. The van der Waals surface area contributed by atoms with Crippen LogP contribution in [0.5, 0.6) is 0 Å². The molecule has 1 aliphatic carbocycles. The zero-order valence-corrected chi connectivity index (χ0v) is 12.4. The van der Waals surface area contributed by atoms with E-state index in [1.54, 1.807) is 6.92 Å². The smallest absolute Gasteiger partial charge is 0.238 e. The number of carbonyl (C=O) groups is 1. The van der Waals surface area contributed by atoms with Crippen molar-refractivity contribution in [3.05, 3.63) is 23.3 Å². The summed E-state index contributed by atoms with van der Waals surface area (Å²) in [6.07, 6.45) is 1.53. The number of sulfonamides is 1. The van der Waals surface area contributed by atoms with E-state index in [4.69, 9.17) is 10.9 Å².